The number of carbonyl (C=O) groups is 1. The number of hydrogen-bond donors (Lipinski definition) is 0. The number of esters is 1. The number of aromatic nitrogens is 2. The smallest absolute Gasteiger partial charge is 0.389 e. The molecular weight excluding hydrogens is 226 g/mol. The third kappa shape index (κ3) is 3.54. The molecule has 1 heterocycles. The molecule has 0 amide bonds. The van der Waals surface area contributed by atoms with Gasteiger partial charge in [0.15, 0.2) is 6.04 Å². The first-order chi connectivity index (χ1) is 7.70. The van der Waals surface area contributed by atoms with E-state index < -0.39 is 22.5 Å². The Balaban J connectivity index is 2.78. The van der Waals surface area contributed by atoms with Crippen molar-refractivity contribution in [3.63, 3.8) is 0 Å². The second kappa shape index (κ2) is 4.52. The maximum atomic E-state index is 11.7. The summed E-state index contributed by atoms with van der Waals surface area (Å²) >= 11 is 0. The zero-order chi connectivity index (χ0) is 13.2. The van der Waals surface area contributed by atoms with Crippen molar-refractivity contribution in [2.75, 3.05) is 0 Å². The molecule has 7 heteroatoms. The highest BCUT2D eigenvalue weighted by atomic mass is 16.6. The molecule has 0 radical (unpaired) electrons. The van der Waals surface area contributed by atoms with Crippen LogP contribution in [0.3, 0.4) is 0 Å². The van der Waals surface area contributed by atoms with Crippen molar-refractivity contribution >= 4 is 11.8 Å². The van der Waals surface area contributed by atoms with E-state index in [0.29, 0.717) is 0 Å². The topological polar surface area (TPSA) is 87.3 Å². The first-order valence-electron chi connectivity index (χ1n) is 5.13. The maximum absolute atomic E-state index is 11.7. The van der Waals surface area contributed by atoms with Gasteiger partial charge in [-0.2, -0.15) is 4.68 Å². The minimum atomic E-state index is -0.692. The minimum Gasteiger partial charge on any atom is -0.458 e. The lowest BCUT2D eigenvalue weighted by Crippen LogP contribution is -2.29. The van der Waals surface area contributed by atoms with Gasteiger partial charge in [-0.15, -0.1) is 0 Å². The molecule has 1 atom stereocenters. The van der Waals surface area contributed by atoms with Crippen molar-refractivity contribution in [3.05, 3.63) is 22.4 Å². The van der Waals surface area contributed by atoms with Crippen LogP contribution in [0.2, 0.25) is 0 Å². The molecule has 7 nitrogen and oxygen atoms in total. The third-order valence-electron chi connectivity index (χ3n) is 1.93. The zero-order valence-electron chi connectivity index (χ0n) is 10.2. The molecule has 0 saturated heterocycles. The number of hydrogen-bond acceptors (Lipinski definition) is 5. The van der Waals surface area contributed by atoms with Gasteiger partial charge in [0.25, 0.3) is 0 Å². The van der Waals surface area contributed by atoms with E-state index in [4.69, 9.17) is 4.74 Å². The van der Waals surface area contributed by atoms with Gasteiger partial charge < -0.3 is 14.9 Å². The van der Waals surface area contributed by atoms with Gasteiger partial charge >= 0.3 is 11.8 Å². The number of nitro groups is 1. The van der Waals surface area contributed by atoms with E-state index >= 15 is 0 Å². The lowest BCUT2D eigenvalue weighted by molar-refractivity contribution is -0.389. The Hall–Kier alpha value is -1.92. The summed E-state index contributed by atoms with van der Waals surface area (Å²) in [6.45, 7) is 6.83. The van der Waals surface area contributed by atoms with Crippen molar-refractivity contribution in [1.82, 2.24) is 9.78 Å². The number of carbonyl (C=O) groups excluding carboxylic acids is 1. The van der Waals surface area contributed by atoms with Gasteiger partial charge in [-0.1, -0.05) is 0 Å². The van der Waals surface area contributed by atoms with Crippen molar-refractivity contribution in [3.8, 4) is 0 Å². The summed E-state index contributed by atoms with van der Waals surface area (Å²) in [5, 5.41) is 14.1. The Morgan fingerprint density at radius 3 is 2.59 bits per heavy atom. The fourth-order valence-electron chi connectivity index (χ4n) is 1.14. The molecule has 0 aliphatic heterocycles. The van der Waals surface area contributed by atoms with Crippen LogP contribution >= 0.6 is 0 Å². The van der Waals surface area contributed by atoms with Crippen LogP contribution in [0.25, 0.3) is 0 Å². The molecule has 0 aromatic carbocycles. The second-order valence-electron chi connectivity index (χ2n) is 4.62. The summed E-state index contributed by atoms with van der Waals surface area (Å²) in [5.74, 6) is -0.768. The first kappa shape index (κ1) is 13.1. The van der Waals surface area contributed by atoms with Crippen molar-refractivity contribution in [2.24, 2.45) is 0 Å². The summed E-state index contributed by atoms with van der Waals surface area (Å²) < 4.78 is 6.37. The molecular formula is C10H15N3O4. The van der Waals surface area contributed by atoms with E-state index in [1.54, 1.807) is 27.7 Å². The highest BCUT2D eigenvalue weighted by Crippen LogP contribution is 2.16. The molecule has 0 aliphatic rings. The third-order valence-corrected chi connectivity index (χ3v) is 1.93. The van der Waals surface area contributed by atoms with Crippen LogP contribution in [0.5, 0.6) is 0 Å². The van der Waals surface area contributed by atoms with E-state index in [2.05, 4.69) is 5.10 Å². The predicted molar refractivity (Wildman–Crippen MR) is 59.4 cm³/mol. The molecule has 17 heavy (non-hydrogen) atoms. The molecule has 0 fully saturated rings. The molecule has 0 N–H and O–H groups in total. The lowest BCUT2D eigenvalue weighted by atomic mass is 10.2. The van der Waals surface area contributed by atoms with E-state index in [1.165, 1.54) is 16.9 Å². The molecule has 94 valence electrons. The molecule has 0 bridgehead atoms. The second-order valence-corrected chi connectivity index (χ2v) is 4.62. The Morgan fingerprint density at radius 2 is 2.18 bits per heavy atom. The molecule has 1 aromatic heterocycles. The molecule has 0 aliphatic carbocycles. The lowest BCUT2D eigenvalue weighted by Gasteiger charge is -2.21. The average Bonchev–Trinajstić information content (AvgIpc) is 2.62. The predicted octanol–water partition coefficient (Wildman–Crippen LogP) is 1.69. The summed E-state index contributed by atoms with van der Waals surface area (Å²) in [7, 11) is 0. The van der Waals surface area contributed by atoms with Gasteiger partial charge in [0.1, 0.15) is 5.60 Å². The van der Waals surface area contributed by atoms with Crippen LogP contribution in [0.15, 0.2) is 12.3 Å². The van der Waals surface area contributed by atoms with E-state index in [0.717, 1.165) is 0 Å². The van der Waals surface area contributed by atoms with Crippen LogP contribution in [-0.4, -0.2) is 26.3 Å². The fourth-order valence-corrected chi connectivity index (χ4v) is 1.14. The minimum absolute atomic E-state index is 0.291. The van der Waals surface area contributed by atoms with Crippen LogP contribution in [0.4, 0.5) is 5.82 Å². The molecule has 1 aromatic rings. The van der Waals surface area contributed by atoms with Crippen LogP contribution in [-0.2, 0) is 9.53 Å². The van der Waals surface area contributed by atoms with Crippen molar-refractivity contribution in [1.29, 1.82) is 0 Å². The van der Waals surface area contributed by atoms with Crippen LogP contribution in [0, 0.1) is 10.1 Å². The molecule has 0 spiro atoms. The fraction of sp³-hybridized carbons (Fsp3) is 0.600. The Bertz CT molecular complexity index is 433. The molecule has 1 unspecified atom stereocenters. The summed E-state index contributed by atoms with van der Waals surface area (Å²) in [6.07, 6.45) is 1.38. The van der Waals surface area contributed by atoms with Gasteiger partial charge in [-0.05, 0) is 32.6 Å². The maximum Gasteiger partial charge on any atom is 0.389 e. The summed E-state index contributed by atoms with van der Waals surface area (Å²) in [5.41, 5.74) is -0.593. The van der Waals surface area contributed by atoms with E-state index in [9.17, 15) is 14.9 Å². The quantitative estimate of drug-likeness (QED) is 0.456. The highest BCUT2D eigenvalue weighted by Gasteiger charge is 2.26. The van der Waals surface area contributed by atoms with Gasteiger partial charge in [-0.3, -0.25) is 0 Å². The standard InChI is InChI=1S/C10H15N3O4/c1-7(9(14)17-10(2,3)4)12-6-5-8(11-12)13(15)16/h5-7H,1-4H3. The van der Waals surface area contributed by atoms with E-state index in [1.807, 2.05) is 0 Å². The largest absolute Gasteiger partial charge is 0.458 e. The Labute approximate surface area is 98.5 Å². The first-order valence-corrected chi connectivity index (χ1v) is 5.13. The highest BCUT2D eigenvalue weighted by molar-refractivity contribution is 5.74. The number of ether oxygens (including phenoxy) is 1. The number of nitrogens with zero attached hydrogens (tertiary/aromatic N) is 3. The van der Waals surface area contributed by atoms with Crippen molar-refractivity contribution < 1.29 is 14.5 Å². The average molecular weight is 241 g/mol. The monoisotopic (exact) mass is 241 g/mol. The normalized spacial score (nSPS) is 13.2. The summed E-state index contributed by atoms with van der Waals surface area (Å²) in [6, 6.07) is 0.545. The number of rotatable bonds is 3. The van der Waals surface area contributed by atoms with Gasteiger partial charge in [0.2, 0.25) is 0 Å². The van der Waals surface area contributed by atoms with Crippen LogP contribution in [0.1, 0.15) is 33.7 Å². The van der Waals surface area contributed by atoms with Gasteiger partial charge in [0.05, 0.1) is 17.4 Å². The molecule has 0 saturated carbocycles. The summed E-state index contributed by atoms with van der Waals surface area (Å²) in [4.78, 5) is 21.5. The van der Waals surface area contributed by atoms with Crippen molar-refractivity contribution in [2.45, 2.75) is 39.3 Å². The molecule has 1 rings (SSSR count). The van der Waals surface area contributed by atoms with Gasteiger partial charge in [0, 0.05) is 0 Å². The van der Waals surface area contributed by atoms with E-state index in [-0.39, 0.29) is 5.82 Å². The van der Waals surface area contributed by atoms with Crippen LogP contribution < -0.4 is 0 Å². The Morgan fingerprint density at radius 1 is 1.59 bits per heavy atom. The van der Waals surface area contributed by atoms with Gasteiger partial charge in [-0.25, -0.2) is 4.79 Å². The zero-order valence-corrected chi connectivity index (χ0v) is 10.2. The SMILES string of the molecule is CC(C(=O)OC(C)(C)C)n1ccc([N+](=O)[O-])n1. The Kier molecular flexibility index (Phi) is 3.50.